The third-order valence-corrected chi connectivity index (χ3v) is 7.95. The number of piperidine rings is 3. The van der Waals surface area contributed by atoms with Crippen LogP contribution in [-0.2, 0) is 0 Å². The van der Waals surface area contributed by atoms with Crippen LogP contribution in [0.15, 0.2) is 12.7 Å². The molecule has 3 aliphatic rings. The molecule has 3 saturated heterocycles. The first kappa shape index (κ1) is 23.9. The quantitative estimate of drug-likeness (QED) is 0.163. The topological polar surface area (TPSA) is 20.2 Å². The lowest BCUT2D eigenvalue weighted by Crippen LogP contribution is -2.67. The second-order valence-corrected chi connectivity index (χ2v) is 9.96. The summed E-state index contributed by atoms with van der Waals surface area (Å²) in [6.07, 6.45) is 24.8. The molecule has 3 heterocycles. The Kier molecular flexibility index (Phi) is 11.8. The summed E-state index contributed by atoms with van der Waals surface area (Å²) < 4.78 is 1.20. The Morgan fingerprint density at radius 2 is 1.39 bits per heavy atom. The standard InChI is InChI=1S/C26H50NO/c1-3-5-6-7-8-9-10-11-12-13-14-15-16-17-19-27-20-18-25(21-26(27)23-28)24(4-2)22-27/h4,24-26,28H,2-3,5-23H2,1H3/q+1/t24-,25-,26+,27-/m0/s1. The Balaban J connectivity index is 1.46. The number of unbranched alkanes of at least 4 members (excludes halogenated alkanes) is 13. The number of hydrogen-bond donors (Lipinski definition) is 1. The lowest BCUT2D eigenvalue weighted by molar-refractivity contribution is -0.969. The Labute approximate surface area is 176 Å². The molecule has 0 aromatic rings. The normalized spacial score (nSPS) is 29.3. The number of aliphatic hydroxyl groups is 1. The van der Waals surface area contributed by atoms with Crippen molar-refractivity contribution >= 4 is 0 Å². The molecule has 0 aliphatic carbocycles. The van der Waals surface area contributed by atoms with Gasteiger partial charge in [-0.1, -0.05) is 90.0 Å². The van der Waals surface area contributed by atoms with Crippen LogP contribution in [0.25, 0.3) is 0 Å². The third-order valence-electron chi connectivity index (χ3n) is 7.95. The number of rotatable bonds is 17. The monoisotopic (exact) mass is 392 g/mol. The molecule has 0 aromatic heterocycles. The van der Waals surface area contributed by atoms with Gasteiger partial charge in [-0.05, 0) is 18.8 Å². The van der Waals surface area contributed by atoms with E-state index in [1.165, 1.54) is 127 Å². The van der Waals surface area contributed by atoms with E-state index in [0.29, 0.717) is 18.6 Å². The van der Waals surface area contributed by atoms with Crippen LogP contribution >= 0.6 is 0 Å². The molecule has 1 N–H and O–H groups in total. The fraction of sp³-hybridized carbons (Fsp3) is 0.923. The minimum atomic E-state index is 0.388. The molecule has 4 atom stereocenters. The first-order valence-electron chi connectivity index (χ1n) is 12.8. The smallest absolute Gasteiger partial charge is 0.113 e. The van der Waals surface area contributed by atoms with Gasteiger partial charge in [-0.25, -0.2) is 0 Å². The van der Waals surface area contributed by atoms with E-state index < -0.39 is 0 Å². The average Bonchev–Trinajstić information content (AvgIpc) is 2.74. The molecule has 0 unspecified atom stereocenters. The molecule has 3 fully saturated rings. The Bertz CT molecular complexity index is 409. The van der Waals surface area contributed by atoms with Crippen LogP contribution in [0.1, 0.15) is 110 Å². The van der Waals surface area contributed by atoms with Gasteiger partial charge in [0.15, 0.2) is 0 Å². The van der Waals surface area contributed by atoms with E-state index in [-0.39, 0.29) is 0 Å². The molecular weight excluding hydrogens is 342 g/mol. The summed E-state index contributed by atoms with van der Waals surface area (Å²) in [5.41, 5.74) is 0. The van der Waals surface area contributed by atoms with Gasteiger partial charge in [0.05, 0.1) is 26.2 Å². The van der Waals surface area contributed by atoms with Gasteiger partial charge in [-0.3, -0.25) is 0 Å². The fourth-order valence-electron chi connectivity index (χ4n) is 6.02. The number of quaternary nitrogens is 1. The van der Waals surface area contributed by atoms with E-state index in [1.807, 2.05) is 0 Å². The first-order valence-corrected chi connectivity index (χ1v) is 12.8. The minimum absolute atomic E-state index is 0.388. The van der Waals surface area contributed by atoms with Crippen molar-refractivity contribution in [2.45, 2.75) is 116 Å². The van der Waals surface area contributed by atoms with Crippen LogP contribution in [0.5, 0.6) is 0 Å². The maximum atomic E-state index is 9.91. The second kappa shape index (κ2) is 13.8. The van der Waals surface area contributed by atoms with Crippen LogP contribution in [0, 0.1) is 11.8 Å². The van der Waals surface area contributed by atoms with Crippen LogP contribution in [0.2, 0.25) is 0 Å². The number of nitrogens with zero attached hydrogens (tertiary/aromatic N) is 1. The van der Waals surface area contributed by atoms with E-state index in [2.05, 4.69) is 19.6 Å². The number of hydrogen-bond acceptors (Lipinski definition) is 1. The zero-order chi connectivity index (χ0) is 20.1. The van der Waals surface area contributed by atoms with Crippen molar-refractivity contribution in [2.24, 2.45) is 11.8 Å². The van der Waals surface area contributed by atoms with Crippen molar-refractivity contribution < 1.29 is 9.59 Å². The lowest BCUT2D eigenvalue weighted by Gasteiger charge is -2.56. The van der Waals surface area contributed by atoms with Crippen molar-refractivity contribution in [3.8, 4) is 0 Å². The van der Waals surface area contributed by atoms with Crippen molar-refractivity contribution in [1.29, 1.82) is 0 Å². The number of aliphatic hydroxyl groups excluding tert-OH is 1. The van der Waals surface area contributed by atoms with Crippen molar-refractivity contribution in [1.82, 2.24) is 0 Å². The molecule has 28 heavy (non-hydrogen) atoms. The third kappa shape index (κ3) is 7.48. The molecule has 3 rings (SSSR count). The largest absolute Gasteiger partial charge is 0.390 e. The van der Waals surface area contributed by atoms with Crippen molar-refractivity contribution in [3.63, 3.8) is 0 Å². The predicted octanol–water partition coefficient (Wildman–Crippen LogP) is 6.87. The second-order valence-electron chi connectivity index (χ2n) is 9.96. The van der Waals surface area contributed by atoms with E-state index in [4.69, 9.17) is 0 Å². The highest BCUT2D eigenvalue weighted by molar-refractivity contribution is 4.93. The maximum Gasteiger partial charge on any atom is 0.113 e. The predicted molar refractivity (Wildman–Crippen MR) is 122 cm³/mol. The van der Waals surface area contributed by atoms with Crippen molar-refractivity contribution in [3.05, 3.63) is 12.7 Å². The molecule has 2 nitrogen and oxygen atoms in total. The summed E-state index contributed by atoms with van der Waals surface area (Å²) in [7, 11) is 0. The van der Waals surface area contributed by atoms with Gasteiger partial charge in [0.1, 0.15) is 6.04 Å². The van der Waals surface area contributed by atoms with E-state index >= 15 is 0 Å². The van der Waals surface area contributed by atoms with E-state index in [0.717, 1.165) is 5.92 Å². The Morgan fingerprint density at radius 1 is 0.857 bits per heavy atom. The van der Waals surface area contributed by atoms with E-state index in [1.54, 1.807) is 0 Å². The van der Waals surface area contributed by atoms with Crippen LogP contribution in [0.3, 0.4) is 0 Å². The SMILES string of the molecule is C=C[C@H]1C[N@+]2(CCCCCCCCCCCCCCCC)CC[C@H]1C[C@@H]2CO. The molecular formula is C26H50NO+. The van der Waals surface area contributed by atoms with Gasteiger partial charge in [0, 0.05) is 18.8 Å². The Hall–Kier alpha value is -0.340. The van der Waals surface area contributed by atoms with Crippen LogP contribution < -0.4 is 0 Å². The zero-order valence-electron chi connectivity index (χ0n) is 19.1. The molecule has 164 valence electrons. The fourth-order valence-corrected chi connectivity index (χ4v) is 6.02. The highest BCUT2D eigenvalue weighted by Gasteiger charge is 2.50. The van der Waals surface area contributed by atoms with Crippen LogP contribution in [-0.4, -0.2) is 41.9 Å². The van der Waals surface area contributed by atoms with Gasteiger partial charge in [0.25, 0.3) is 0 Å². The summed E-state index contributed by atoms with van der Waals surface area (Å²) in [6, 6.07) is 0.511. The van der Waals surface area contributed by atoms with Gasteiger partial charge in [0.2, 0.25) is 0 Å². The Morgan fingerprint density at radius 3 is 1.89 bits per heavy atom. The lowest BCUT2D eigenvalue weighted by atomic mass is 9.73. The summed E-state index contributed by atoms with van der Waals surface area (Å²) >= 11 is 0. The molecule has 0 saturated carbocycles. The summed E-state index contributed by atoms with van der Waals surface area (Å²) in [4.78, 5) is 0. The van der Waals surface area contributed by atoms with Crippen LogP contribution in [0.4, 0.5) is 0 Å². The van der Waals surface area contributed by atoms with Gasteiger partial charge < -0.3 is 9.59 Å². The molecule has 0 aromatic carbocycles. The average molecular weight is 393 g/mol. The van der Waals surface area contributed by atoms with Gasteiger partial charge in [-0.2, -0.15) is 0 Å². The molecule has 2 bridgehead atoms. The van der Waals surface area contributed by atoms with Gasteiger partial charge >= 0.3 is 0 Å². The van der Waals surface area contributed by atoms with E-state index in [9.17, 15) is 5.11 Å². The molecule has 3 aliphatic heterocycles. The minimum Gasteiger partial charge on any atom is -0.390 e. The van der Waals surface area contributed by atoms with Crippen molar-refractivity contribution in [2.75, 3.05) is 26.2 Å². The summed E-state index contributed by atoms with van der Waals surface area (Å²) in [5.74, 6) is 1.49. The molecule has 0 spiro atoms. The molecule has 2 heteroatoms. The maximum absolute atomic E-state index is 9.91. The highest BCUT2D eigenvalue weighted by atomic mass is 16.3. The summed E-state index contributed by atoms with van der Waals surface area (Å²) in [6.45, 7) is 10.6. The molecule has 0 amide bonds. The van der Waals surface area contributed by atoms with Gasteiger partial charge in [-0.15, -0.1) is 6.58 Å². The highest BCUT2D eigenvalue weighted by Crippen LogP contribution is 2.42. The molecule has 0 radical (unpaired) electrons. The first-order chi connectivity index (χ1) is 13.8. The number of fused-ring (bicyclic) bond motifs is 3. The zero-order valence-corrected chi connectivity index (χ0v) is 19.1. The summed E-state index contributed by atoms with van der Waals surface area (Å²) in [5, 5.41) is 9.91.